The largest absolute Gasteiger partial charge is 0.378 e. The van der Waals surface area contributed by atoms with Crippen LogP contribution in [0.5, 0.6) is 0 Å². The molecule has 3 saturated heterocycles. The highest BCUT2D eigenvalue weighted by molar-refractivity contribution is 6.05. The molecule has 0 aromatic heterocycles. The molecule has 3 fully saturated rings. The van der Waals surface area contributed by atoms with Crippen LogP contribution in [0, 0.1) is 0 Å². The van der Waals surface area contributed by atoms with Gasteiger partial charge in [0.15, 0.2) is 0 Å². The molecule has 4 aliphatic heterocycles. The van der Waals surface area contributed by atoms with Crippen molar-refractivity contribution in [3.05, 3.63) is 34.9 Å². The van der Waals surface area contributed by atoms with Crippen molar-refractivity contribution in [2.75, 3.05) is 46.1 Å². The first kappa shape index (κ1) is 20.6. The number of ether oxygens (including phenoxy) is 2. The van der Waals surface area contributed by atoms with E-state index in [0.29, 0.717) is 38.3 Å². The summed E-state index contributed by atoms with van der Waals surface area (Å²) in [6.07, 6.45) is 0.639. The Morgan fingerprint density at radius 2 is 1.97 bits per heavy atom. The third kappa shape index (κ3) is 4.10. The van der Waals surface area contributed by atoms with Crippen molar-refractivity contribution in [1.29, 1.82) is 0 Å². The van der Waals surface area contributed by atoms with Gasteiger partial charge in [0.2, 0.25) is 11.8 Å². The van der Waals surface area contributed by atoms with Crippen molar-refractivity contribution in [1.82, 2.24) is 20.4 Å². The fraction of sp³-hybridized carbons (Fsp3) is 0.591. The predicted octanol–water partition coefficient (Wildman–Crippen LogP) is -0.362. The Bertz CT molecular complexity index is 898. The van der Waals surface area contributed by atoms with Crippen molar-refractivity contribution >= 4 is 17.7 Å². The molecule has 0 bridgehead atoms. The number of nitrogens with one attached hydrogen (secondary N) is 2. The first-order valence-corrected chi connectivity index (χ1v) is 10.9. The van der Waals surface area contributed by atoms with Crippen LogP contribution in [0.3, 0.4) is 0 Å². The SMILES string of the molecule is O=C1CCC(N2Cc3cc(CN4CCOCC5(COCCN5)C4)ccc3C2=O)C(=O)N1. The number of benzene rings is 1. The molecular weight excluding hydrogens is 400 g/mol. The van der Waals surface area contributed by atoms with Gasteiger partial charge in [-0.3, -0.25) is 24.6 Å². The van der Waals surface area contributed by atoms with E-state index in [9.17, 15) is 14.4 Å². The number of nitrogens with zero attached hydrogens (tertiary/aromatic N) is 2. The van der Waals surface area contributed by atoms with Crippen LogP contribution in [-0.2, 0) is 32.2 Å². The third-order valence-corrected chi connectivity index (χ3v) is 6.58. The molecule has 1 aromatic carbocycles. The maximum Gasteiger partial charge on any atom is 0.255 e. The summed E-state index contributed by atoms with van der Waals surface area (Å²) in [6, 6.07) is 5.35. The zero-order valence-corrected chi connectivity index (χ0v) is 17.5. The molecule has 4 heterocycles. The fourth-order valence-electron chi connectivity index (χ4n) is 5.03. The topological polar surface area (TPSA) is 100 Å². The van der Waals surface area contributed by atoms with E-state index in [0.717, 1.165) is 43.9 Å². The number of fused-ring (bicyclic) bond motifs is 1. The average Bonchev–Trinajstić information content (AvgIpc) is 2.94. The van der Waals surface area contributed by atoms with Crippen LogP contribution in [0.25, 0.3) is 0 Å². The highest BCUT2D eigenvalue weighted by atomic mass is 16.5. The van der Waals surface area contributed by atoms with E-state index >= 15 is 0 Å². The van der Waals surface area contributed by atoms with Gasteiger partial charge in [0.05, 0.1) is 32.0 Å². The average molecular weight is 428 g/mol. The maximum absolute atomic E-state index is 12.9. The monoisotopic (exact) mass is 428 g/mol. The van der Waals surface area contributed by atoms with Crippen molar-refractivity contribution < 1.29 is 23.9 Å². The van der Waals surface area contributed by atoms with Gasteiger partial charge in [-0.05, 0) is 23.6 Å². The van der Waals surface area contributed by atoms with Gasteiger partial charge in [-0.25, -0.2) is 0 Å². The number of hydrogen-bond donors (Lipinski definition) is 2. The molecule has 0 aliphatic carbocycles. The number of piperidine rings is 1. The first-order chi connectivity index (χ1) is 15.0. The Balaban J connectivity index is 1.29. The lowest BCUT2D eigenvalue weighted by Crippen LogP contribution is -2.61. The zero-order valence-electron chi connectivity index (χ0n) is 17.5. The molecule has 2 N–H and O–H groups in total. The van der Waals surface area contributed by atoms with Gasteiger partial charge in [0.1, 0.15) is 6.04 Å². The van der Waals surface area contributed by atoms with Gasteiger partial charge in [0, 0.05) is 44.7 Å². The molecule has 1 aromatic rings. The predicted molar refractivity (Wildman–Crippen MR) is 110 cm³/mol. The number of imide groups is 1. The molecular formula is C22H28N4O5. The molecule has 166 valence electrons. The van der Waals surface area contributed by atoms with E-state index < -0.39 is 6.04 Å². The number of amides is 3. The summed E-state index contributed by atoms with van der Waals surface area (Å²) >= 11 is 0. The van der Waals surface area contributed by atoms with Gasteiger partial charge in [-0.15, -0.1) is 0 Å². The summed E-state index contributed by atoms with van der Waals surface area (Å²) in [4.78, 5) is 40.5. The molecule has 1 spiro atoms. The first-order valence-electron chi connectivity index (χ1n) is 10.9. The van der Waals surface area contributed by atoms with Crippen molar-refractivity contribution in [3.8, 4) is 0 Å². The molecule has 2 unspecified atom stereocenters. The smallest absolute Gasteiger partial charge is 0.255 e. The second-order valence-corrected chi connectivity index (χ2v) is 8.91. The Labute approximate surface area is 181 Å². The zero-order chi connectivity index (χ0) is 21.4. The lowest BCUT2D eigenvalue weighted by molar-refractivity contribution is -0.136. The van der Waals surface area contributed by atoms with Gasteiger partial charge in [-0.1, -0.05) is 12.1 Å². The second kappa shape index (κ2) is 8.31. The highest BCUT2D eigenvalue weighted by Crippen LogP contribution is 2.29. The van der Waals surface area contributed by atoms with Crippen LogP contribution in [-0.4, -0.2) is 85.2 Å². The quantitative estimate of drug-likeness (QED) is 0.634. The maximum atomic E-state index is 12.9. The standard InChI is InChI=1S/C22H28N4O5/c27-19-4-3-18(20(28)24-19)26-11-16-9-15(1-2-17(16)21(26)29)10-25-6-8-31-14-22(12-25)13-30-7-5-23-22/h1-2,9,18,23H,3-8,10-14H2,(H,24,27,28). The van der Waals surface area contributed by atoms with Crippen LogP contribution in [0.2, 0.25) is 0 Å². The molecule has 9 nitrogen and oxygen atoms in total. The molecule has 5 rings (SSSR count). The van der Waals surface area contributed by atoms with Crippen LogP contribution in [0.1, 0.15) is 34.3 Å². The summed E-state index contributed by atoms with van der Waals surface area (Å²) in [7, 11) is 0. The number of hydrogen-bond acceptors (Lipinski definition) is 7. The Morgan fingerprint density at radius 3 is 2.77 bits per heavy atom. The van der Waals surface area contributed by atoms with E-state index in [4.69, 9.17) is 9.47 Å². The Hall–Kier alpha value is -2.33. The van der Waals surface area contributed by atoms with Crippen LogP contribution < -0.4 is 10.6 Å². The summed E-state index contributed by atoms with van der Waals surface area (Å²) in [5, 5.41) is 5.93. The minimum absolute atomic E-state index is 0.137. The second-order valence-electron chi connectivity index (χ2n) is 8.91. The molecule has 0 radical (unpaired) electrons. The Morgan fingerprint density at radius 1 is 1.13 bits per heavy atom. The van der Waals surface area contributed by atoms with Crippen molar-refractivity contribution in [3.63, 3.8) is 0 Å². The molecule has 2 atom stereocenters. The van der Waals surface area contributed by atoms with E-state index in [1.54, 1.807) is 4.90 Å². The van der Waals surface area contributed by atoms with Crippen LogP contribution >= 0.6 is 0 Å². The Kier molecular flexibility index (Phi) is 5.51. The number of carbonyl (C=O) groups is 3. The normalized spacial score (nSPS) is 29.7. The van der Waals surface area contributed by atoms with E-state index in [1.807, 2.05) is 12.1 Å². The number of rotatable bonds is 3. The van der Waals surface area contributed by atoms with Gasteiger partial charge in [0.25, 0.3) is 5.91 Å². The lowest BCUT2D eigenvalue weighted by Gasteiger charge is -2.39. The minimum Gasteiger partial charge on any atom is -0.378 e. The van der Waals surface area contributed by atoms with Gasteiger partial charge >= 0.3 is 0 Å². The summed E-state index contributed by atoms with van der Waals surface area (Å²) in [5.41, 5.74) is 2.54. The molecule has 0 saturated carbocycles. The van der Waals surface area contributed by atoms with Crippen molar-refractivity contribution in [2.45, 2.75) is 37.5 Å². The van der Waals surface area contributed by atoms with Gasteiger partial charge in [-0.2, -0.15) is 0 Å². The fourth-order valence-corrected chi connectivity index (χ4v) is 5.03. The molecule has 3 amide bonds. The molecule has 31 heavy (non-hydrogen) atoms. The van der Waals surface area contributed by atoms with E-state index in [1.165, 1.54) is 0 Å². The van der Waals surface area contributed by atoms with E-state index in [2.05, 4.69) is 21.6 Å². The summed E-state index contributed by atoms with van der Waals surface area (Å²) in [5.74, 6) is -0.791. The molecule has 9 heteroatoms. The van der Waals surface area contributed by atoms with Crippen molar-refractivity contribution in [2.24, 2.45) is 0 Å². The highest BCUT2D eigenvalue weighted by Gasteiger charge is 2.40. The number of morpholine rings is 1. The summed E-state index contributed by atoms with van der Waals surface area (Å²) < 4.78 is 11.6. The van der Waals surface area contributed by atoms with E-state index in [-0.39, 0.29) is 29.7 Å². The third-order valence-electron chi connectivity index (χ3n) is 6.58. The lowest BCUT2D eigenvalue weighted by atomic mass is 9.99. The number of carbonyl (C=O) groups excluding carboxylic acids is 3. The van der Waals surface area contributed by atoms with Gasteiger partial charge < -0.3 is 19.7 Å². The molecule has 4 aliphatic rings. The summed E-state index contributed by atoms with van der Waals surface area (Å²) in [6.45, 7) is 6.34. The minimum atomic E-state index is -0.582. The van der Waals surface area contributed by atoms with Crippen LogP contribution in [0.4, 0.5) is 0 Å². The van der Waals surface area contributed by atoms with Crippen LogP contribution in [0.15, 0.2) is 18.2 Å².